The Kier molecular flexibility index (Phi) is 5.04. The highest BCUT2D eigenvalue weighted by Crippen LogP contribution is 2.25. The van der Waals surface area contributed by atoms with E-state index in [1.807, 2.05) is 18.2 Å². The number of carbonyl (C=O) groups is 1. The van der Waals surface area contributed by atoms with Crippen LogP contribution in [-0.4, -0.2) is 12.0 Å². The first-order valence-electron chi connectivity index (χ1n) is 6.04. The van der Waals surface area contributed by atoms with E-state index < -0.39 is 6.10 Å². The quantitative estimate of drug-likeness (QED) is 0.877. The summed E-state index contributed by atoms with van der Waals surface area (Å²) in [7, 11) is 0. The van der Waals surface area contributed by atoms with Crippen molar-refractivity contribution in [2.45, 2.75) is 13.0 Å². The fourth-order valence-electron chi connectivity index (χ4n) is 1.59. The van der Waals surface area contributed by atoms with Crippen LogP contribution in [0.4, 0.5) is 5.69 Å². The molecule has 104 valence electrons. The predicted octanol–water partition coefficient (Wildman–Crippen LogP) is 4.51. The zero-order valence-corrected chi connectivity index (χ0v) is 13.1. The van der Waals surface area contributed by atoms with Gasteiger partial charge in [0.25, 0.3) is 5.91 Å². The Morgan fingerprint density at radius 3 is 2.70 bits per heavy atom. The third kappa shape index (κ3) is 3.99. The molecule has 0 radical (unpaired) electrons. The molecule has 0 aliphatic rings. The Labute approximate surface area is 131 Å². The summed E-state index contributed by atoms with van der Waals surface area (Å²) in [5.74, 6) is 0.393. The molecule has 0 fully saturated rings. The highest BCUT2D eigenvalue weighted by Gasteiger charge is 2.16. The van der Waals surface area contributed by atoms with Crippen molar-refractivity contribution in [1.29, 1.82) is 0 Å². The molecule has 1 amide bonds. The third-order valence-corrected chi connectivity index (χ3v) is 3.49. The second-order valence-corrected chi connectivity index (χ2v) is 5.48. The number of carbonyl (C=O) groups excluding carboxylic acids is 1. The van der Waals surface area contributed by atoms with E-state index in [2.05, 4.69) is 21.2 Å². The van der Waals surface area contributed by atoms with E-state index in [0.717, 1.165) is 4.47 Å². The second-order valence-electron chi connectivity index (χ2n) is 4.19. The topological polar surface area (TPSA) is 38.3 Å². The summed E-state index contributed by atoms with van der Waals surface area (Å²) in [4.78, 5) is 12.0. The first-order chi connectivity index (χ1) is 9.56. The summed E-state index contributed by atoms with van der Waals surface area (Å²) < 4.78 is 6.43. The number of anilines is 1. The fourth-order valence-corrected chi connectivity index (χ4v) is 2.16. The maximum atomic E-state index is 12.0. The monoisotopic (exact) mass is 353 g/mol. The summed E-state index contributed by atoms with van der Waals surface area (Å²) in [6.45, 7) is 1.69. The summed E-state index contributed by atoms with van der Waals surface area (Å²) in [6, 6.07) is 14.4. The first-order valence-corrected chi connectivity index (χ1v) is 7.21. The van der Waals surface area contributed by atoms with Crippen LogP contribution in [0.2, 0.25) is 5.02 Å². The summed E-state index contributed by atoms with van der Waals surface area (Å²) in [5, 5.41) is 3.33. The lowest BCUT2D eigenvalue weighted by Crippen LogP contribution is -2.30. The van der Waals surface area contributed by atoms with Gasteiger partial charge in [-0.25, -0.2) is 0 Å². The SMILES string of the molecule is C[C@@H](Oc1ccccc1Br)C(=O)Nc1cccc(Cl)c1. The molecule has 3 nitrogen and oxygen atoms in total. The van der Waals surface area contributed by atoms with Gasteiger partial charge in [0, 0.05) is 10.7 Å². The Morgan fingerprint density at radius 1 is 1.25 bits per heavy atom. The van der Waals surface area contributed by atoms with Gasteiger partial charge in [0.2, 0.25) is 0 Å². The summed E-state index contributed by atoms with van der Waals surface area (Å²) in [5.41, 5.74) is 0.644. The largest absolute Gasteiger partial charge is 0.480 e. The van der Waals surface area contributed by atoms with Crippen LogP contribution in [0.5, 0.6) is 5.75 Å². The lowest BCUT2D eigenvalue weighted by atomic mass is 10.3. The van der Waals surface area contributed by atoms with Crippen LogP contribution in [0.1, 0.15) is 6.92 Å². The Balaban J connectivity index is 2.01. The number of ether oxygens (including phenoxy) is 1. The lowest BCUT2D eigenvalue weighted by Gasteiger charge is -2.15. The van der Waals surface area contributed by atoms with Gasteiger partial charge in [0.1, 0.15) is 5.75 Å². The molecule has 5 heteroatoms. The number of benzene rings is 2. The van der Waals surface area contributed by atoms with Gasteiger partial charge in [-0.05, 0) is 53.2 Å². The molecular formula is C15H13BrClNO2. The van der Waals surface area contributed by atoms with Crippen molar-refractivity contribution < 1.29 is 9.53 Å². The van der Waals surface area contributed by atoms with Crippen molar-refractivity contribution in [3.05, 3.63) is 58.0 Å². The average Bonchev–Trinajstić information content (AvgIpc) is 2.41. The highest BCUT2D eigenvalue weighted by atomic mass is 79.9. The molecule has 0 aliphatic carbocycles. The third-order valence-electron chi connectivity index (χ3n) is 2.60. The molecule has 0 aliphatic heterocycles. The van der Waals surface area contributed by atoms with Crippen molar-refractivity contribution in [2.24, 2.45) is 0 Å². The van der Waals surface area contributed by atoms with Crippen molar-refractivity contribution in [3.8, 4) is 5.75 Å². The lowest BCUT2D eigenvalue weighted by molar-refractivity contribution is -0.122. The first kappa shape index (κ1) is 14.9. The molecule has 0 unspecified atom stereocenters. The molecule has 20 heavy (non-hydrogen) atoms. The van der Waals surface area contributed by atoms with Gasteiger partial charge in [-0.2, -0.15) is 0 Å². The molecule has 0 saturated heterocycles. The second kappa shape index (κ2) is 6.77. The van der Waals surface area contributed by atoms with E-state index in [4.69, 9.17) is 16.3 Å². The standard InChI is InChI=1S/C15H13BrClNO2/c1-10(20-14-8-3-2-7-13(14)16)15(19)18-12-6-4-5-11(17)9-12/h2-10H,1H3,(H,18,19)/t10-/m1/s1. The van der Waals surface area contributed by atoms with Gasteiger partial charge >= 0.3 is 0 Å². The minimum Gasteiger partial charge on any atom is -0.480 e. The van der Waals surface area contributed by atoms with E-state index in [1.54, 1.807) is 37.3 Å². The van der Waals surface area contributed by atoms with Crippen LogP contribution in [-0.2, 0) is 4.79 Å². The normalized spacial score (nSPS) is 11.8. The summed E-state index contributed by atoms with van der Waals surface area (Å²) >= 11 is 9.25. The van der Waals surface area contributed by atoms with Crippen LogP contribution in [0.15, 0.2) is 53.0 Å². The van der Waals surface area contributed by atoms with Crippen LogP contribution >= 0.6 is 27.5 Å². The van der Waals surface area contributed by atoms with Gasteiger partial charge in [-0.1, -0.05) is 29.8 Å². The maximum absolute atomic E-state index is 12.0. The van der Waals surface area contributed by atoms with E-state index in [-0.39, 0.29) is 5.91 Å². The van der Waals surface area contributed by atoms with Gasteiger partial charge in [-0.3, -0.25) is 4.79 Å². The smallest absolute Gasteiger partial charge is 0.265 e. The highest BCUT2D eigenvalue weighted by molar-refractivity contribution is 9.10. The Hall–Kier alpha value is -1.52. The van der Waals surface area contributed by atoms with E-state index in [0.29, 0.717) is 16.5 Å². The molecule has 1 N–H and O–H groups in total. The molecule has 1 atom stereocenters. The maximum Gasteiger partial charge on any atom is 0.265 e. The molecule has 2 aromatic carbocycles. The van der Waals surface area contributed by atoms with Crippen molar-refractivity contribution >= 4 is 39.1 Å². The minimum absolute atomic E-state index is 0.233. The minimum atomic E-state index is -0.618. The number of rotatable bonds is 4. The zero-order valence-electron chi connectivity index (χ0n) is 10.8. The van der Waals surface area contributed by atoms with E-state index in [9.17, 15) is 4.79 Å². The van der Waals surface area contributed by atoms with Crippen molar-refractivity contribution in [1.82, 2.24) is 0 Å². The molecular weight excluding hydrogens is 342 g/mol. The van der Waals surface area contributed by atoms with Gasteiger partial charge in [0.15, 0.2) is 6.10 Å². The number of nitrogens with one attached hydrogen (secondary N) is 1. The van der Waals surface area contributed by atoms with Crippen LogP contribution in [0, 0.1) is 0 Å². The van der Waals surface area contributed by atoms with Crippen LogP contribution < -0.4 is 10.1 Å². The molecule has 0 aromatic heterocycles. The molecule has 0 saturated carbocycles. The fraction of sp³-hybridized carbons (Fsp3) is 0.133. The number of hydrogen-bond acceptors (Lipinski definition) is 2. The van der Waals surface area contributed by atoms with Gasteiger partial charge < -0.3 is 10.1 Å². The molecule has 2 rings (SSSR count). The van der Waals surface area contributed by atoms with Crippen LogP contribution in [0.25, 0.3) is 0 Å². The molecule has 0 heterocycles. The van der Waals surface area contributed by atoms with Gasteiger partial charge in [-0.15, -0.1) is 0 Å². The Bertz CT molecular complexity index is 618. The number of amides is 1. The molecule has 0 spiro atoms. The summed E-state index contributed by atoms with van der Waals surface area (Å²) in [6.07, 6.45) is -0.618. The average molecular weight is 355 g/mol. The number of hydrogen-bond donors (Lipinski definition) is 1. The zero-order chi connectivity index (χ0) is 14.5. The molecule has 2 aromatic rings. The molecule has 0 bridgehead atoms. The van der Waals surface area contributed by atoms with E-state index in [1.165, 1.54) is 0 Å². The van der Waals surface area contributed by atoms with E-state index >= 15 is 0 Å². The predicted molar refractivity (Wildman–Crippen MR) is 84.3 cm³/mol. The van der Waals surface area contributed by atoms with Gasteiger partial charge in [0.05, 0.1) is 4.47 Å². The van der Waals surface area contributed by atoms with Crippen LogP contribution in [0.3, 0.4) is 0 Å². The number of halogens is 2. The van der Waals surface area contributed by atoms with Crippen molar-refractivity contribution in [2.75, 3.05) is 5.32 Å². The Morgan fingerprint density at radius 2 is 2.00 bits per heavy atom. The van der Waals surface area contributed by atoms with Crippen molar-refractivity contribution in [3.63, 3.8) is 0 Å². The number of para-hydroxylation sites is 1.